The Morgan fingerprint density at radius 2 is 1.42 bits per heavy atom. The van der Waals surface area contributed by atoms with Crippen LogP contribution >= 0.6 is 23.2 Å². The summed E-state index contributed by atoms with van der Waals surface area (Å²) < 4.78 is 70.4. The van der Waals surface area contributed by atoms with Crippen LogP contribution in [0.4, 0.5) is 15.9 Å². The Hall–Kier alpha value is -7.10. The minimum Gasteiger partial charge on any atom is -0.481 e. The number of rotatable bonds is 26. The van der Waals surface area contributed by atoms with Gasteiger partial charge in [0.2, 0.25) is 27.7 Å². The van der Waals surface area contributed by atoms with E-state index in [1.807, 2.05) is 49.6 Å². The first-order valence-electron chi connectivity index (χ1n) is 30.2. The quantitative estimate of drug-likeness (QED) is 0.0440. The number of hydrogen-bond donors (Lipinski definition) is 3. The van der Waals surface area contributed by atoms with Gasteiger partial charge >= 0.3 is 5.97 Å². The molecule has 6 aromatic rings. The lowest BCUT2D eigenvalue weighted by atomic mass is 9.66. The summed E-state index contributed by atoms with van der Waals surface area (Å²) in [5.41, 5.74) is 2.68. The van der Waals surface area contributed by atoms with Gasteiger partial charge in [-0.1, -0.05) is 75.2 Å². The van der Waals surface area contributed by atoms with E-state index in [2.05, 4.69) is 20.5 Å². The lowest BCUT2D eigenvalue weighted by Gasteiger charge is -2.54. The number of aromatic nitrogens is 5. The molecule has 10 rings (SSSR count). The van der Waals surface area contributed by atoms with Gasteiger partial charge < -0.3 is 49.0 Å². The molecule has 0 spiro atoms. The molecule has 1 aliphatic carbocycles. The number of piperazine rings is 2. The zero-order chi connectivity index (χ0) is 63.9. The van der Waals surface area contributed by atoms with Crippen molar-refractivity contribution in [3.63, 3.8) is 0 Å². The van der Waals surface area contributed by atoms with Gasteiger partial charge in [0.1, 0.15) is 19.0 Å². The third-order valence-electron chi connectivity index (χ3n) is 17.1. The molecule has 4 amide bonds. The van der Waals surface area contributed by atoms with E-state index in [-0.39, 0.29) is 128 Å². The highest BCUT2D eigenvalue weighted by atomic mass is 35.5. The Balaban J connectivity index is 0.604. The minimum absolute atomic E-state index is 0.0247. The number of piperidine rings is 1. The SMILES string of the molecule is CC(C)(C)[C@@H](CS(=O)(=O)N1CCN(C(=O)COCCOCCOCCOCC(=O)N2CCN(C(=O)c3ccc(Nc4nc(C5CC5)cn5c(-c6cn[nH]c6)cnc45)c(F)c3)CC2)CC1)N1C(=O)[C@@](C)(CC(=O)O)C[C@H](c2cccc(Cl)c2)[C@H]1c1ccc(Cl)cc1. The van der Waals surface area contributed by atoms with Gasteiger partial charge in [0, 0.05) is 97.8 Å². The third-order valence-corrected chi connectivity index (χ3v) is 19.5. The van der Waals surface area contributed by atoms with Crippen molar-refractivity contribution in [1.29, 1.82) is 0 Å². The number of fused-ring (bicyclic) bond motifs is 1. The molecular formula is C63H76Cl2FN11O12S. The Morgan fingerprint density at radius 1 is 0.800 bits per heavy atom. The highest BCUT2D eigenvalue weighted by Gasteiger charge is 2.55. The fourth-order valence-electron chi connectivity index (χ4n) is 12.0. The number of nitrogens with one attached hydrogen (secondary N) is 2. The van der Waals surface area contributed by atoms with Crippen LogP contribution in [0.5, 0.6) is 0 Å². The Bertz CT molecular complexity index is 3650. The fraction of sp³-hybridized carbons (Fsp3) is 0.492. The molecule has 0 radical (unpaired) electrons. The number of anilines is 2. The average Bonchev–Trinajstić information content (AvgIpc) is 0.903. The number of carbonyl (C=O) groups is 5. The van der Waals surface area contributed by atoms with E-state index in [0.717, 1.165) is 35.4 Å². The summed E-state index contributed by atoms with van der Waals surface area (Å²) >= 11 is 12.9. The number of aromatic amines is 1. The molecule has 27 heteroatoms. The summed E-state index contributed by atoms with van der Waals surface area (Å²) in [5.74, 6) is -3.31. The van der Waals surface area contributed by atoms with Crippen LogP contribution < -0.4 is 5.32 Å². The molecule has 4 aliphatic rings. The molecule has 6 heterocycles. The lowest BCUT2D eigenvalue weighted by Crippen LogP contribution is -2.62. The number of carboxylic acid groups (broad SMARTS) is 1. The summed E-state index contributed by atoms with van der Waals surface area (Å²) in [4.78, 5) is 82.8. The smallest absolute Gasteiger partial charge is 0.304 e. The van der Waals surface area contributed by atoms with Crippen LogP contribution in [-0.4, -0.2) is 209 Å². The van der Waals surface area contributed by atoms with Crippen LogP contribution in [0.15, 0.2) is 91.5 Å². The van der Waals surface area contributed by atoms with Crippen molar-refractivity contribution in [2.75, 3.05) is 116 Å². The molecule has 4 fully saturated rings. The molecule has 1 saturated carbocycles. The van der Waals surface area contributed by atoms with Gasteiger partial charge in [-0.25, -0.2) is 22.8 Å². The summed E-state index contributed by atoms with van der Waals surface area (Å²) in [5, 5.41) is 21.1. The van der Waals surface area contributed by atoms with Crippen LogP contribution in [0, 0.1) is 16.6 Å². The predicted octanol–water partition coefficient (Wildman–Crippen LogP) is 7.66. The highest BCUT2D eigenvalue weighted by molar-refractivity contribution is 7.89. The number of aliphatic carboxylic acids is 1. The summed E-state index contributed by atoms with van der Waals surface area (Å²) in [7, 11) is -4.08. The number of likely N-dealkylation sites (tertiary alicyclic amines) is 1. The van der Waals surface area contributed by atoms with Crippen LogP contribution in [0.3, 0.4) is 0 Å². The zero-order valence-electron chi connectivity index (χ0n) is 50.8. The van der Waals surface area contributed by atoms with Crippen molar-refractivity contribution in [2.45, 2.75) is 77.3 Å². The van der Waals surface area contributed by atoms with E-state index < -0.39 is 68.7 Å². The second kappa shape index (κ2) is 28.6. The van der Waals surface area contributed by atoms with E-state index in [9.17, 15) is 32.7 Å². The molecule has 3 aliphatic heterocycles. The highest BCUT2D eigenvalue weighted by Crippen LogP contribution is 2.54. The first kappa shape index (κ1) is 65.8. The van der Waals surface area contributed by atoms with Crippen molar-refractivity contribution in [1.82, 2.24) is 48.5 Å². The van der Waals surface area contributed by atoms with Gasteiger partial charge in [-0.3, -0.25) is 33.5 Å². The predicted molar refractivity (Wildman–Crippen MR) is 333 cm³/mol. The first-order valence-corrected chi connectivity index (χ1v) is 32.6. The maximum absolute atomic E-state index is 15.7. The third kappa shape index (κ3) is 15.8. The van der Waals surface area contributed by atoms with Crippen LogP contribution in [-0.2, 0) is 48.1 Å². The average molecular weight is 1300 g/mol. The van der Waals surface area contributed by atoms with Crippen LogP contribution in [0.25, 0.3) is 16.9 Å². The standard InChI is InChI=1S/C63H76Cl2FN11O12S/c1-62(2,3)53(77-57(42-10-13-46(64)14-11-42)48(43-6-5-7-47(65)30-43)32-63(4,61(77)83)33-56(80)81)40-90(84,85)75-22-20-73(21-23-75)55(79)39-89-29-27-87-25-24-86-26-28-88-38-54(78)72-16-18-74(19-17-72)60(82)44-12-15-50(49(66)31-44)70-58-59-67-36-52(45-34-68-69-35-45)76(59)37-51(71-58)41-8-9-41/h5-7,10-15,30-31,34-37,41,48,53,57H,8-9,16-29,32-33,38-40H2,1-4H3,(H,68,69)(H,70,71)(H,80,81)/t48-,53-,57-,63-/m1/s1. The molecule has 3 N–H and O–H groups in total. The molecule has 4 atom stereocenters. The summed E-state index contributed by atoms with van der Waals surface area (Å²) in [6.07, 6.45) is 8.91. The van der Waals surface area contributed by atoms with Gasteiger partial charge in [-0.15, -0.1) is 0 Å². The van der Waals surface area contributed by atoms with Gasteiger partial charge in [-0.05, 0) is 78.3 Å². The number of halogens is 3. The van der Waals surface area contributed by atoms with E-state index in [0.29, 0.717) is 46.1 Å². The molecule has 23 nitrogen and oxygen atoms in total. The maximum atomic E-state index is 15.7. The number of benzene rings is 3. The topological polar surface area (TPSA) is 264 Å². The summed E-state index contributed by atoms with van der Waals surface area (Å²) in [6, 6.07) is 16.9. The second-order valence-corrected chi connectivity index (χ2v) is 27.5. The number of carbonyl (C=O) groups excluding carboxylic acids is 4. The van der Waals surface area contributed by atoms with Crippen molar-refractivity contribution in [3.05, 3.63) is 130 Å². The monoisotopic (exact) mass is 1300 g/mol. The number of nitrogens with zero attached hydrogens (tertiary/aromatic N) is 9. The maximum Gasteiger partial charge on any atom is 0.304 e. The number of H-pyrrole nitrogens is 1. The molecular weight excluding hydrogens is 1220 g/mol. The molecule has 90 heavy (non-hydrogen) atoms. The summed E-state index contributed by atoms with van der Waals surface area (Å²) in [6.45, 7) is 9.46. The molecule has 3 saturated heterocycles. The normalized spacial score (nSPS) is 19.8. The Kier molecular flexibility index (Phi) is 20.9. The lowest BCUT2D eigenvalue weighted by molar-refractivity contribution is -0.162. The number of ether oxygens (including phenoxy) is 4. The van der Waals surface area contributed by atoms with Crippen molar-refractivity contribution >= 4 is 80.0 Å². The Morgan fingerprint density at radius 3 is 2.00 bits per heavy atom. The van der Waals surface area contributed by atoms with Crippen LogP contribution in [0.1, 0.15) is 98.4 Å². The molecule has 3 aromatic carbocycles. The molecule has 0 unspecified atom stereocenters. The molecule has 3 aromatic heterocycles. The Labute approximate surface area is 532 Å². The number of amides is 4. The number of carboxylic acids is 1. The van der Waals surface area contributed by atoms with Crippen molar-refractivity contribution < 1.29 is 60.8 Å². The van der Waals surface area contributed by atoms with Crippen LogP contribution in [0.2, 0.25) is 10.0 Å². The van der Waals surface area contributed by atoms with Gasteiger partial charge in [0.15, 0.2) is 11.5 Å². The number of sulfonamides is 1. The van der Waals surface area contributed by atoms with Gasteiger partial charge in [0.05, 0.1) is 98.8 Å². The van der Waals surface area contributed by atoms with Gasteiger partial charge in [0.25, 0.3) is 5.91 Å². The van der Waals surface area contributed by atoms with Crippen molar-refractivity contribution in [3.8, 4) is 11.3 Å². The van der Waals surface area contributed by atoms with E-state index in [1.165, 1.54) is 16.4 Å². The molecule has 0 bridgehead atoms. The number of hydrogen-bond acceptors (Lipinski definition) is 15. The largest absolute Gasteiger partial charge is 0.481 e. The van der Waals surface area contributed by atoms with E-state index in [4.69, 9.17) is 47.1 Å². The number of imidazole rings is 1. The van der Waals surface area contributed by atoms with Gasteiger partial charge in [-0.2, -0.15) is 9.40 Å². The zero-order valence-corrected chi connectivity index (χ0v) is 53.2. The first-order chi connectivity index (χ1) is 43.1. The minimum atomic E-state index is -4.08. The van der Waals surface area contributed by atoms with E-state index >= 15 is 9.18 Å². The molecule has 482 valence electrons. The second-order valence-electron chi connectivity index (χ2n) is 24.6. The fourth-order valence-corrected chi connectivity index (χ4v) is 14.4. The van der Waals surface area contributed by atoms with E-state index in [1.54, 1.807) is 81.5 Å². The van der Waals surface area contributed by atoms with Crippen molar-refractivity contribution in [2.24, 2.45) is 10.8 Å².